The molecule has 0 bridgehead atoms. The van der Waals surface area contributed by atoms with Gasteiger partial charge < -0.3 is 24.8 Å². The van der Waals surface area contributed by atoms with Crippen molar-refractivity contribution in [3.8, 4) is 22.5 Å². The first kappa shape index (κ1) is 27.8. The van der Waals surface area contributed by atoms with E-state index < -0.39 is 23.2 Å². The fraction of sp³-hybridized carbons (Fsp3) is 0.0556. The van der Waals surface area contributed by atoms with Crippen LogP contribution in [0.1, 0.15) is 34.1 Å². The predicted molar refractivity (Wildman–Crippen MR) is 155 cm³/mol. The van der Waals surface area contributed by atoms with E-state index in [1.165, 1.54) is 44.5 Å². The number of benzene rings is 2. The van der Waals surface area contributed by atoms with E-state index in [1.54, 1.807) is 6.56 Å². The minimum atomic E-state index is -1.21. The van der Waals surface area contributed by atoms with Crippen LogP contribution in [0, 0.1) is 0 Å². The van der Waals surface area contributed by atoms with E-state index in [4.69, 9.17) is 0 Å². The Morgan fingerprint density at radius 1 is 0.537 bits per heavy atom. The molecule has 2 unspecified atom stereocenters. The fourth-order valence-corrected chi connectivity index (χ4v) is 10.5. The predicted octanol–water partition coefficient (Wildman–Crippen LogP) is 2.47. The van der Waals surface area contributed by atoms with Crippen molar-refractivity contribution in [3.63, 3.8) is 0 Å². The Balaban J connectivity index is 0.00000151. The normalized spacial score (nSPS) is 18.6. The van der Waals surface area contributed by atoms with Gasteiger partial charge in [0.25, 0.3) is 0 Å². The number of hydrogen-bond donors (Lipinski definition) is 0. The maximum Gasteiger partial charge on any atom is -1.00 e. The number of allylic oxidation sites excluding steroid dienone is 10. The maximum absolute atomic E-state index is 4.65. The first-order chi connectivity index (χ1) is 19.3. The molecule has 4 aliphatic rings. The smallest absolute Gasteiger partial charge is 1.00 e. The van der Waals surface area contributed by atoms with Gasteiger partial charge in [0.2, 0.25) is 0 Å². The van der Waals surface area contributed by atoms with Crippen molar-refractivity contribution in [1.29, 1.82) is 0 Å². The van der Waals surface area contributed by atoms with Crippen LogP contribution in [-0.4, -0.2) is 9.97 Å². The fourth-order valence-electron chi connectivity index (χ4n) is 6.29. The summed E-state index contributed by atoms with van der Waals surface area (Å²) in [4.78, 5) is 9.31. The molecule has 8 rings (SSSR count). The third-order valence-electron chi connectivity index (χ3n) is 8.12. The van der Waals surface area contributed by atoms with Gasteiger partial charge in [-0.05, 0) is 0 Å². The van der Waals surface area contributed by atoms with Crippen molar-refractivity contribution in [1.82, 2.24) is 9.97 Å². The van der Waals surface area contributed by atoms with Crippen LogP contribution in [0.25, 0.3) is 29.1 Å². The number of nitrogens with zero attached hydrogens (tertiary/aromatic N) is 2. The van der Waals surface area contributed by atoms with Crippen molar-refractivity contribution >= 4 is 6.56 Å². The van der Waals surface area contributed by atoms with Gasteiger partial charge in [-0.25, -0.2) is 0 Å². The molecular formula is C36H24Cl2N2Zr. The summed E-state index contributed by atoms with van der Waals surface area (Å²) in [7, 11) is 0. The number of rotatable bonds is 4. The minimum absolute atomic E-state index is 0. The Morgan fingerprint density at radius 2 is 1.02 bits per heavy atom. The monoisotopic (exact) mass is 644 g/mol. The first-order valence-corrected chi connectivity index (χ1v) is 15.9. The molecule has 0 N–H and O–H groups in total. The van der Waals surface area contributed by atoms with Crippen LogP contribution in [0.4, 0.5) is 0 Å². The molecule has 0 radical (unpaired) electrons. The summed E-state index contributed by atoms with van der Waals surface area (Å²) in [6.45, 7) is 0. The molecule has 4 aromatic rings. The number of hydrogen-bond acceptors (Lipinski definition) is 2. The average Bonchev–Trinajstić information content (AvgIpc) is 3.50. The van der Waals surface area contributed by atoms with Crippen molar-refractivity contribution in [2.75, 3.05) is 0 Å². The summed E-state index contributed by atoms with van der Waals surface area (Å²) in [5.74, 6) is 0.699. The standard InChI is InChI=1S/2C18H12N.2ClH.Zr/c2*1-2-6-16-13(5-1)11-15-12-14(8-9-17(15)16)18-7-3-4-10-19-18;;;/h2*1-10,12,16H;2*1H;/q;;;;+2/p-2. The van der Waals surface area contributed by atoms with Crippen LogP contribution in [-0.2, 0) is 23.2 Å². The second kappa shape index (κ2) is 11.5. The largest absolute Gasteiger partial charge is 1.00 e. The molecule has 2 aromatic carbocycles. The molecule has 2 heterocycles. The summed E-state index contributed by atoms with van der Waals surface area (Å²) in [5.41, 5.74) is 13.2. The zero-order valence-corrected chi connectivity index (χ0v) is 26.0. The second-order valence-electron chi connectivity index (χ2n) is 10.3. The van der Waals surface area contributed by atoms with E-state index >= 15 is 0 Å². The number of fused-ring (bicyclic) bond motifs is 6. The Hall–Kier alpha value is -3.36. The Labute approximate surface area is 264 Å². The van der Waals surface area contributed by atoms with Gasteiger partial charge in [0.1, 0.15) is 0 Å². The molecule has 196 valence electrons. The SMILES string of the molecule is C1=CC2=[C]([Zr+2][C]3=C4C=CC=CC4c4ccc(-c5ccccn5)cc43)c3cc(-c4ccccn4)ccc3C2C=C1.[Cl-].[Cl-]. The van der Waals surface area contributed by atoms with Crippen LogP contribution in [0.5, 0.6) is 0 Å². The third kappa shape index (κ3) is 4.71. The molecule has 5 heteroatoms. The molecule has 2 atom stereocenters. The molecule has 0 amide bonds. The molecule has 2 nitrogen and oxygen atoms in total. The summed E-state index contributed by atoms with van der Waals surface area (Å²) in [6, 6.07) is 26.3. The van der Waals surface area contributed by atoms with E-state index in [0.29, 0.717) is 11.8 Å². The minimum Gasteiger partial charge on any atom is -1.00 e. The molecule has 0 saturated carbocycles. The third-order valence-corrected chi connectivity index (χ3v) is 12.1. The van der Waals surface area contributed by atoms with Crippen LogP contribution < -0.4 is 24.8 Å². The summed E-state index contributed by atoms with van der Waals surface area (Å²) in [5, 5.41) is 0. The van der Waals surface area contributed by atoms with Gasteiger partial charge in [0, 0.05) is 0 Å². The number of halogens is 2. The summed E-state index contributed by atoms with van der Waals surface area (Å²) in [6.07, 6.45) is 22.1. The van der Waals surface area contributed by atoms with Gasteiger partial charge in [0.05, 0.1) is 0 Å². The van der Waals surface area contributed by atoms with E-state index in [9.17, 15) is 0 Å². The molecule has 0 aliphatic heterocycles. The molecule has 0 fully saturated rings. The van der Waals surface area contributed by atoms with Gasteiger partial charge in [-0.1, -0.05) is 0 Å². The molecule has 41 heavy (non-hydrogen) atoms. The average molecular weight is 647 g/mol. The van der Waals surface area contributed by atoms with E-state index in [-0.39, 0.29) is 24.8 Å². The Kier molecular flexibility index (Phi) is 7.79. The number of aromatic nitrogens is 2. The van der Waals surface area contributed by atoms with Gasteiger partial charge in [-0.3, -0.25) is 0 Å². The number of pyridine rings is 2. The molecular weight excluding hydrogens is 623 g/mol. The molecule has 0 spiro atoms. The zero-order chi connectivity index (χ0) is 25.8. The van der Waals surface area contributed by atoms with Crippen molar-refractivity contribution in [2.45, 2.75) is 11.8 Å². The maximum atomic E-state index is 4.65. The Morgan fingerprint density at radius 3 is 1.46 bits per heavy atom. The molecule has 2 aromatic heterocycles. The second-order valence-corrected chi connectivity index (χ2v) is 13.3. The molecule has 0 saturated heterocycles. The zero-order valence-electron chi connectivity index (χ0n) is 22.0. The summed E-state index contributed by atoms with van der Waals surface area (Å²) < 4.78 is 3.19. The van der Waals surface area contributed by atoms with Crippen LogP contribution in [0.15, 0.2) is 145 Å². The van der Waals surface area contributed by atoms with E-state index in [2.05, 4.69) is 119 Å². The van der Waals surface area contributed by atoms with Crippen molar-refractivity contribution < 1.29 is 48.0 Å². The molecule has 4 aliphatic carbocycles. The van der Waals surface area contributed by atoms with Crippen LogP contribution in [0.3, 0.4) is 0 Å². The quantitative estimate of drug-likeness (QED) is 0.341. The van der Waals surface area contributed by atoms with Gasteiger partial charge in [-0.15, -0.1) is 0 Å². The van der Waals surface area contributed by atoms with Gasteiger partial charge in [0.15, 0.2) is 0 Å². The first-order valence-electron chi connectivity index (χ1n) is 13.4. The van der Waals surface area contributed by atoms with Gasteiger partial charge in [-0.2, -0.15) is 0 Å². The van der Waals surface area contributed by atoms with Crippen LogP contribution in [0.2, 0.25) is 0 Å². The topological polar surface area (TPSA) is 25.8 Å². The van der Waals surface area contributed by atoms with E-state index in [1.807, 2.05) is 24.5 Å². The van der Waals surface area contributed by atoms with Crippen LogP contribution >= 0.6 is 0 Å². The van der Waals surface area contributed by atoms with Crippen molar-refractivity contribution in [3.05, 3.63) is 167 Å². The Bertz CT molecular complexity index is 1700. The van der Waals surface area contributed by atoms with Gasteiger partial charge >= 0.3 is 241 Å². The van der Waals surface area contributed by atoms with E-state index in [0.717, 1.165) is 11.4 Å². The van der Waals surface area contributed by atoms with Crippen molar-refractivity contribution in [2.24, 2.45) is 0 Å². The summed E-state index contributed by atoms with van der Waals surface area (Å²) >= 11 is -1.21.